The van der Waals surface area contributed by atoms with Gasteiger partial charge in [-0.3, -0.25) is 4.79 Å². The van der Waals surface area contributed by atoms with Gasteiger partial charge in [-0.15, -0.1) is 0 Å². The molecule has 2 rings (SSSR count). The van der Waals surface area contributed by atoms with Crippen LogP contribution in [0.4, 0.5) is 5.82 Å². The highest BCUT2D eigenvalue weighted by molar-refractivity contribution is 6.33. The third kappa shape index (κ3) is 3.48. The number of nitrogens with one attached hydrogen (secondary N) is 2. The molecule has 7 heteroatoms. The van der Waals surface area contributed by atoms with Gasteiger partial charge in [0.1, 0.15) is 23.0 Å². The summed E-state index contributed by atoms with van der Waals surface area (Å²) in [5, 5.41) is 9.83. The molecule has 2 heterocycles. The van der Waals surface area contributed by atoms with Crippen LogP contribution in [-0.4, -0.2) is 22.6 Å². The van der Waals surface area contributed by atoms with Crippen LogP contribution in [0.2, 0.25) is 5.02 Å². The molecule has 2 N–H and O–H groups in total. The molecule has 6 nitrogen and oxygen atoms in total. The molecule has 0 radical (unpaired) electrons. The first-order valence-corrected chi connectivity index (χ1v) is 6.58. The molecular weight excluding hydrogens is 280 g/mol. The summed E-state index contributed by atoms with van der Waals surface area (Å²) < 4.78 is 4.92. The zero-order valence-electron chi connectivity index (χ0n) is 11.2. The predicted molar refractivity (Wildman–Crippen MR) is 75.8 cm³/mol. The van der Waals surface area contributed by atoms with E-state index in [9.17, 15) is 4.79 Å². The zero-order valence-corrected chi connectivity index (χ0v) is 12.0. The van der Waals surface area contributed by atoms with Crippen LogP contribution in [0.3, 0.4) is 0 Å². The fourth-order valence-electron chi connectivity index (χ4n) is 1.64. The fourth-order valence-corrected chi connectivity index (χ4v) is 1.83. The summed E-state index contributed by atoms with van der Waals surface area (Å²) in [6.07, 6.45) is 0. The third-order valence-electron chi connectivity index (χ3n) is 2.53. The molecule has 0 unspecified atom stereocenters. The number of amides is 1. The lowest BCUT2D eigenvalue weighted by Crippen LogP contribution is -2.24. The number of aromatic nitrogens is 2. The second-order valence-corrected chi connectivity index (χ2v) is 4.58. The van der Waals surface area contributed by atoms with Gasteiger partial charge in [0, 0.05) is 12.6 Å². The lowest BCUT2D eigenvalue weighted by molar-refractivity contribution is 0.0945. The van der Waals surface area contributed by atoms with Crippen molar-refractivity contribution < 1.29 is 9.32 Å². The molecule has 0 aromatic carbocycles. The second kappa shape index (κ2) is 6.38. The van der Waals surface area contributed by atoms with Crippen LogP contribution in [0, 0.1) is 6.92 Å². The maximum Gasteiger partial charge on any atom is 0.271 e. The van der Waals surface area contributed by atoms with E-state index in [0.29, 0.717) is 28.8 Å². The number of hydrogen-bond donors (Lipinski definition) is 2. The maximum absolute atomic E-state index is 12.1. The van der Waals surface area contributed by atoms with Crippen molar-refractivity contribution >= 4 is 23.3 Å². The van der Waals surface area contributed by atoms with Gasteiger partial charge in [0.05, 0.1) is 11.6 Å². The molecule has 0 aliphatic carbocycles. The van der Waals surface area contributed by atoms with Crippen LogP contribution >= 0.6 is 11.6 Å². The van der Waals surface area contributed by atoms with Crippen LogP contribution < -0.4 is 10.6 Å². The minimum Gasteiger partial charge on any atom is -0.370 e. The van der Waals surface area contributed by atoms with Crippen molar-refractivity contribution in [3.05, 3.63) is 40.4 Å². The highest BCUT2D eigenvalue weighted by Crippen LogP contribution is 2.16. The van der Waals surface area contributed by atoms with Gasteiger partial charge in [0.2, 0.25) is 0 Å². The quantitative estimate of drug-likeness (QED) is 0.885. The maximum atomic E-state index is 12.1. The molecule has 0 aliphatic heterocycles. The Morgan fingerprint density at radius 3 is 2.90 bits per heavy atom. The van der Waals surface area contributed by atoms with E-state index in [2.05, 4.69) is 20.8 Å². The van der Waals surface area contributed by atoms with Crippen molar-refractivity contribution in [2.45, 2.75) is 20.4 Å². The number of aryl methyl sites for hydroxylation is 1. The molecule has 0 fully saturated rings. The minimum atomic E-state index is -0.351. The smallest absolute Gasteiger partial charge is 0.271 e. The van der Waals surface area contributed by atoms with E-state index in [0.717, 1.165) is 0 Å². The SMILES string of the molecule is CCNc1ccc(Cl)c(C(=O)NCc2cc(C)on2)n1. The third-order valence-corrected chi connectivity index (χ3v) is 2.83. The number of carbonyl (C=O) groups excluding carboxylic acids is 1. The lowest BCUT2D eigenvalue weighted by atomic mass is 10.3. The van der Waals surface area contributed by atoms with Crippen LogP contribution in [0.25, 0.3) is 0 Å². The molecule has 2 aromatic rings. The van der Waals surface area contributed by atoms with Crippen LogP contribution in [0.1, 0.15) is 28.9 Å². The van der Waals surface area contributed by atoms with Crippen LogP contribution in [0.5, 0.6) is 0 Å². The Morgan fingerprint density at radius 2 is 2.25 bits per heavy atom. The van der Waals surface area contributed by atoms with E-state index in [1.165, 1.54) is 0 Å². The minimum absolute atomic E-state index is 0.185. The van der Waals surface area contributed by atoms with Gasteiger partial charge in [-0.05, 0) is 26.0 Å². The molecule has 1 amide bonds. The summed E-state index contributed by atoms with van der Waals surface area (Å²) in [5.41, 5.74) is 0.833. The Bertz CT molecular complexity index is 612. The number of hydrogen-bond acceptors (Lipinski definition) is 5. The molecule has 20 heavy (non-hydrogen) atoms. The average molecular weight is 295 g/mol. The molecule has 106 valence electrons. The molecule has 2 aromatic heterocycles. The van der Waals surface area contributed by atoms with Gasteiger partial charge < -0.3 is 15.2 Å². The van der Waals surface area contributed by atoms with E-state index in [1.807, 2.05) is 6.92 Å². The van der Waals surface area contributed by atoms with Crippen LogP contribution in [0.15, 0.2) is 22.7 Å². The number of anilines is 1. The first-order chi connectivity index (χ1) is 9.60. The van der Waals surface area contributed by atoms with E-state index in [1.54, 1.807) is 25.1 Å². The zero-order chi connectivity index (χ0) is 14.5. The van der Waals surface area contributed by atoms with Gasteiger partial charge in [0.25, 0.3) is 5.91 Å². The number of rotatable bonds is 5. The summed E-state index contributed by atoms with van der Waals surface area (Å²) in [6.45, 7) is 4.72. The first-order valence-electron chi connectivity index (χ1n) is 6.21. The summed E-state index contributed by atoms with van der Waals surface area (Å²) >= 11 is 5.99. The van der Waals surface area contributed by atoms with Crippen molar-refractivity contribution in [3.63, 3.8) is 0 Å². The van der Waals surface area contributed by atoms with E-state index in [-0.39, 0.29) is 18.1 Å². The van der Waals surface area contributed by atoms with Crippen molar-refractivity contribution in [2.75, 3.05) is 11.9 Å². The normalized spacial score (nSPS) is 10.3. The molecule has 0 aliphatic rings. The molecular formula is C13H15ClN4O2. The van der Waals surface area contributed by atoms with E-state index in [4.69, 9.17) is 16.1 Å². The first kappa shape index (κ1) is 14.3. The van der Waals surface area contributed by atoms with Crippen LogP contribution in [-0.2, 0) is 6.54 Å². The van der Waals surface area contributed by atoms with Gasteiger partial charge in [-0.1, -0.05) is 16.8 Å². The number of nitrogens with zero attached hydrogens (tertiary/aromatic N) is 2. The number of pyridine rings is 1. The van der Waals surface area contributed by atoms with Crippen molar-refractivity contribution in [2.24, 2.45) is 0 Å². The Kier molecular flexibility index (Phi) is 4.57. The molecule has 0 saturated carbocycles. The van der Waals surface area contributed by atoms with Gasteiger partial charge in [-0.25, -0.2) is 4.98 Å². The molecule has 0 saturated heterocycles. The Balaban J connectivity index is 2.06. The Labute approximate surface area is 121 Å². The standard InChI is InChI=1S/C13H15ClN4O2/c1-3-15-11-5-4-10(14)12(17-11)13(19)16-7-9-6-8(2)20-18-9/h4-6H,3,7H2,1-2H3,(H,15,17)(H,16,19). The largest absolute Gasteiger partial charge is 0.370 e. The molecule has 0 bridgehead atoms. The number of carbonyl (C=O) groups is 1. The number of halogens is 1. The van der Waals surface area contributed by atoms with E-state index < -0.39 is 0 Å². The molecule has 0 spiro atoms. The van der Waals surface area contributed by atoms with Gasteiger partial charge in [-0.2, -0.15) is 0 Å². The Hall–Kier alpha value is -2.08. The highest BCUT2D eigenvalue weighted by atomic mass is 35.5. The van der Waals surface area contributed by atoms with Crippen molar-refractivity contribution in [1.82, 2.24) is 15.5 Å². The topological polar surface area (TPSA) is 80.0 Å². The van der Waals surface area contributed by atoms with E-state index >= 15 is 0 Å². The lowest BCUT2D eigenvalue weighted by Gasteiger charge is -2.07. The summed E-state index contributed by atoms with van der Waals surface area (Å²) in [7, 11) is 0. The average Bonchev–Trinajstić information content (AvgIpc) is 2.84. The van der Waals surface area contributed by atoms with Gasteiger partial charge >= 0.3 is 0 Å². The predicted octanol–water partition coefficient (Wildman–Crippen LogP) is 2.39. The molecule has 0 atom stereocenters. The Morgan fingerprint density at radius 1 is 1.45 bits per heavy atom. The second-order valence-electron chi connectivity index (χ2n) is 4.17. The fraction of sp³-hybridized carbons (Fsp3) is 0.308. The monoisotopic (exact) mass is 294 g/mol. The summed E-state index contributed by atoms with van der Waals surface area (Å²) in [4.78, 5) is 16.2. The summed E-state index contributed by atoms with van der Waals surface area (Å²) in [6, 6.07) is 5.12. The van der Waals surface area contributed by atoms with Gasteiger partial charge in [0.15, 0.2) is 0 Å². The summed E-state index contributed by atoms with van der Waals surface area (Å²) in [5.74, 6) is 0.953. The van der Waals surface area contributed by atoms with Crippen molar-refractivity contribution in [3.8, 4) is 0 Å². The highest BCUT2D eigenvalue weighted by Gasteiger charge is 2.13. The van der Waals surface area contributed by atoms with Crippen molar-refractivity contribution in [1.29, 1.82) is 0 Å².